The van der Waals surface area contributed by atoms with Crippen molar-refractivity contribution in [1.82, 2.24) is 10.2 Å². The fraction of sp³-hybridized carbons (Fsp3) is 0.333. The molecule has 2 aromatic rings. The van der Waals surface area contributed by atoms with Crippen molar-refractivity contribution in [3.05, 3.63) is 43.8 Å². The van der Waals surface area contributed by atoms with E-state index in [1.54, 1.807) is 16.7 Å². The number of hydrogen-bond donors (Lipinski definition) is 1. The number of urea groups is 1. The fourth-order valence-corrected chi connectivity index (χ4v) is 5.45. The van der Waals surface area contributed by atoms with E-state index in [4.69, 9.17) is 0 Å². The molecule has 6 nitrogen and oxygen atoms in total. The van der Waals surface area contributed by atoms with E-state index in [2.05, 4.69) is 5.32 Å². The van der Waals surface area contributed by atoms with Crippen molar-refractivity contribution in [3.63, 3.8) is 0 Å². The highest BCUT2D eigenvalue weighted by Crippen LogP contribution is 2.42. The monoisotopic (exact) mass is 388 g/mol. The highest BCUT2D eigenvalue weighted by Gasteiger charge is 2.54. The Morgan fingerprint density at radius 2 is 2.12 bits per heavy atom. The lowest BCUT2D eigenvalue weighted by molar-refractivity contribution is -0.131. The number of amides is 3. The smallest absolute Gasteiger partial charge is 0.319 e. The largest absolute Gasteiger partial charge is 0.325 e. The van der Waals surface area contributed by atoms with Crippen LogP contribution in [-0.4, -0.2) is 34.9 Å². The lowest BCUT2D eigenvalue weighted by Gasteiger charge is -2.31. The van der Waals surface area contributed by atoms with Gasteiger partial charge in [-0.05, 0) is 43.7 Å². The minimum Gasteiger partial charge on any atom is -0.319 e. The summed E-state index contributed by atoms with van der Waals surface area (Å²) >= 11 is 2.74. The standard InChI is InChI=1S/C18H16N2O4S2/c1-10(21)11-7-15(26-9-11)13(22)8-20-16(23)18(19-17(20)24)5-2-3-14-12(18)4-6-25-14/h4,6-7,9H,2-3,5,8H2,1H3,(H,19,24)/t18-/m0/s1. The minimum absolute atomic E-state index is 0.124. The molecule has 1 saturated heterocycles. The van der Waals surface area contributed by atoms with Crippen molar-refractivity contribution < 1.29 is 19.2 Å². The number of rotatable bonds is 4. The van der Waals surface area contributed by atoms with E-state index in [0.717, 1.165) is 39.5 Å². The molecule has 26 heavy (non-hydrogen) atoms. The number of carbonyl (C=O) groups excluding carboxylic acids is 4. The number of thiophene rings is 2. The van der Waals surface area contributed by atoms with Crippen LogP contribution in [0.15, 0.2) is 22.9 Å². The van der Waals surface area contributed by atoms with E-state index in [9.17, 15) is 19.2 Å². The predicted octanol–water partition coefficient (Wildman–Crippen LogP) is 2.98. The average Bonchev–Trinajstić information content (AvgIpc) is 3.31. The van der Waals surface area contributed by atoms with Crippen molar-refractivity contribution in [1.29, 1.82) is 0 Å². The molecule has 0 aromatic carbocycles. The number of fused-ring (bicyclic) bond motifs is 2. The Labute approximate surface area is 157 Å². The molecule has 0 bridgehead atoms. The van der Waals surface area contributed by atoms with Crippen LogP contribution < -0.4 is 5.32 Å². The molecule has 3 amide bonds. The highest BCUT2D eigenvalue weighted by molar-refractivity contribution is 7.12. The summed E-state index contributed by atoms with van der Waals surface area (Å²) in [5, 5.41) is 6.38. The Morgan fingerprint density at radius 1 is 1.31 bits per heavy atom. The quantitative estimate of drug-likeness (QED) is 0.645. The van der Waals surface area contributed by atoms with Crippen LogP contribution in [0, 0.1) is 0 Å². The van der Waals surface area contributed by atoms with Crippen molar-refractivity contribution in [3.8, 4) is 0 Å². The minimum atomic E-state index is -1.04. The Bertz CT molecular complexity index is 945. The number of nitrogens with one attached hydrogen (secondary N) is 1. The first kappa shape index (κ1) is 17.1. The van der Waals surface area contributed by atoms with E-state index in [0.29, 0.717) is 16.9 Å². The fourth-order valence-electron chi connectivity index (χ4n) is 3.57. The van der Waals surface area contributed by atoms with Gasteiger partial charge in [0.05, 0.1) is 11.4 Å². The van der Waals surface area contributed by atoms with Gasteiger partial charge in [-0.2, -0.15) is 0 Å². The van der Waals surface area contributed by atoms with Gasteiger partial charge >= 0.3 is 6.03 Å². The van der Waals surface area contributed by atoms with Crippen LogP contribution in [0.1, 0.15) is 50.2 Å². The molecule has 4 rings (SSSR count). The molecule has 0 saturated carbocycles. The molecule has 1 fully saturated rings. The SMILES string of the molecule is CC(=O)c1csc(C(=O)CN2C(=O)N[C@]3(CCCc4sccc43)C2=O)c1. The third kappa shape index (κ3) is 2.52. The zero-order chi connectivity index (χ0) is 18.5. The second-order valence-corrected chi connectivity index (χ2v) is 8.43. The zero-order valence-corrected chi connectivity index (χ0v) is 15.7. The number of ketones is 2. The molecule has 2 aromatic heterocycles. The van der Waals surface area contributed by atoms with E-state index in [-0.39, 0.29) is 24.0 Å². The molecular weight excluding hydrogens is 372 g/mol. The Kier molecular flexibility index (Phi) is 4.04. The Balaban J connectivity index is 1.59. The summed E-state index contributed by atoms with van der Waals surface area (Å²) in [6, 6.07) is 2.87. The van der Waals surface area contributed by atoms with Gasteiger partial charge in [-0.15, -0.1) is 22.7 Å². The molecular formula is C18H16N2O4S2. The first-order chi connectivity index (χ1) is 12.4. The highest BCUT2D eigenvalue weighted by atomic mass is 32.1. The van der Waals surface area contributed by atoms with E-state index < -0.39 is 11.6 Å². The van der Waals surface area contributed by atoms with Gasteiger partial charge in [-0.1, -0.05) is 0 Å². The van der Waals surface area contributed by atoms with Crippen LogP contribution in [0.4, 0.5) is 4.79 Å². The zero-order valence-electron chi connectivity index (χ0n) is 14.0. The molecule has 0 radical (unpaired) electrons. The molecule has 3 heterocycles. The molecule has 8 heteroatoms. The van der Waals surface area contributed by atoms with Crippen LogP contribution in [-0.2, 0) is 16.8 Å². The first-order valence-electron chi connectivity index (χ1n) is 8.26. The predicted molar refractivity (Wildman–Crippen MR) is 97.8 cm³/mol. The van der Waals surface area contributed by atoms with Gasteiger partial charge in [-0.25, -0.2) is 4.79 Å². The number of hydrogen-bond acceptors (Lipinski definition) is 6. The van der Waals surface area contributed by atoms with Crippen LogP contribution in [0.25, 0.3) is 0 Å². The van der Waals surface area contributed by atoms with Crippen molar-refractivity contribution in [2.24, 2.45) is 0 Å². The van der Waals surface area contributed by atoms with Gasteiger partial charge in [0.2, 0.25) is 0 Å². The number of carbonyl (C=O) groups is 4. The second-order valence-electron chi connectivity index (χ2n) is 6.52. The van der Waals surface area contributed by atoms with Crippen LogP contribution in [0.2, 0.25) is 0 Å². The van der Waals surface area contributed by atoms with Gasteiger partial charge in [0.1, 0.15) is 5.54 Å². The Morgan fingerprint density at radius 3 is 2.85 bits per heavy atom. The second kappa shape index (κ2) is 6.14. The molecule has 1 aliphatic carbocycles. The topological polar surface area (TPSA) is 83.6 Å². The number of nitrogens with zero attached hydrogens (tertiary/aromatic N) is 1. The first-order valence-corrected chi connectivity index (χ1v) is 10.0. The van der Waals surface area contributed by atoms with Crippen molar-refractivity contribution >= 4 is 46.2 Å². The molecule has 134 valence electrons. The molecule has 0 unspecified atom stereocenters. The van der Waals surface area contributed by atoms with E-state index in [1.165, 1.54) is 13.0 Å². The maximum absolute atomic E-state index is 13.1. The maximum atomic E-state index is 13.1. The number of imide groups is 1. The average molecular weight is 388 g/mol. The van der Waals surface area contributed by atoms with Crippen LogP contribution in [0.3, 0.4) is 0 Å². The number of Topliss-reactive ketones (excluding diaryl/α,β-unsaturated/α-hetero) is 2. The summed E-state index contributed by atoms with van der Waals surface area (Å²) in [5.41, 5.74) is 0.282. The third-order valence-corrected chi connectivity index (χ3v) is 6.87. The number of aryl methyl sites for hydroxylation is 1. The third-order valence-electron chi connectivity index (χ3n) is 4.92. The van der Waals surface area contributed by atoms with Gasteiger partial charge in [-0.3, -0.25) is 19.3 Å². The van der Waals surface area contributed by atoms with E-state index >= 15 is 0 Å². The molecule has 2 aliphatic rings. The summed E-state index contributed by atoms with van der Waals surface area (Å²) in [6.45, 7) is 1.11. The van der Waals surface area contributed by atoms with Crippen molar-refractivity contribution in [2.45, 2.75) is 31.7 Å². The van der Waals surface area contributed by atoms with Crippen LogP contribution >= 0.6 is 22.7 Å². The van der Waals surface area contributed by atoms with E-state index in [1.807, 2.05) is 11.4 Å². The summed E-state index contributed by atoms with van der Waals surface area (Å²) < 4.78 is 0. The summed E-state index contributed by atoms with van der Waals surface area (Å²) in [5.74, 6) is -0.829. The lowest BCUT2D eigenvalue weighted by atomic mass is 9.80. The van der Waals surface area contributed by atoms with Gasteiger partial charge < -0.3 is 5.32 Å². The molecule has 1 N–H and O–H groups in total. The maximum Gasteiger partial charge on any atom is 0.325 e. The molecule has 1 atom stereocenters. The van der Waals surface area contributed by atoms with Crippen molar-refractivity contribution in [2.75, 3.05) is 6.54 Å². The molecule has 1 aliphatic heterocycles. The summed E-state index contributed by atoms with van der Waals surface area (Å²) in [6.07, 6.45) is 2.26. The van der Waals surface area contributed by atoms with Gasteiger partial charge in [0.25, 0.3) is 5.91 Å². The lowest BCUT2D eigenvalue weighted by Crippen LogP contribution is -2.46. The summed E-state index contributed by atoms with van der Waals surface area (Å²) in [4.78, 5) is 51.9. The van der Waals surface area contributed by atoms with Gasteiger partial charge in [0.15, 0.2) is 11.6 Å². The molecule has 1 spiro atoms. The van der Waals surface area contributed by atoms with Crippen LogP contribution in [0.5, 0.6) is 0 Å². The van der Waals surface area contributed by atoms with Gasteiger partial charge in [0, 0.05) is 21.4 Å². The normalized spacial score (nSPS) is 21.8. The summed E-state index contributed by atoms with van der Waals surface area (Å²) in [7, 11) is 0. The Hall–Kier alpha value is -2.32.